The highest BCUT2D eigenvalue weighted by Crippen LogP contribution is 2.14. The number of aromatic nitrogens is 1. The Kier molecular flexibility index (Phi) is 4.27. The lowest BCUT2D eigenvalue weighted by molar-refractivity contribution is 0.545. The van der Waals surface area contributed by atoms with E-state index in [1.54, 1.807) is 0 Å². The fraction of sp³-hybridized carbons (Fsp3) is 0.211. The first-order valence-corrected chi connectivity index (χ1v) is 7.41. The van der Waals surface area contributed by atoms with E-state index in [2.05, 4.69) is 71.8 Å². The maximum atomic E-state index is 4.15. The summed E-state index contributed by atoms with van der Waals surface area (Å²) in [7, 11) is 0. The lowest BCUT2D eigenvalue weighted by Gasteiger charge is -2.14. The van der Waals surface area contributed by atoms with Gasteiger partial charge in [0.2, 0.25) is 0 Å². The molecule has 0 fully saturated rings. The van der Waals surface area contributed by atoms with Crippen LogP contribution < -0.4 is 5.32 Å². The summed E-state index contributed by atoms with van der Waals surface area (Å²) in [6, 6.07) is 19.7. The van der Waals surface area contributed by atoms with Gasteiger partial charge in [-0.05, 0) is 42.0 Å². The molecule has 3 rings (SSSR count). The maximum absolute atomic E-state index is 4.15. The monoisotopic (exact) mass is 276 g/mol. The van der Waals surface area contributed by atoms with Crippen molar-refractivity contribution >= 4 is 10.8 Å². The van der Waals surface area contributed by atoms with Gasteiger partial charge in [-0.25, -0.2) is 0 Å². The number of nitrogens with one attached hydrogen (secondary N) is 1. The minimum atomic E-state index is 0.459. The summed E-state index contributed by atoms with van der Waals surface area (Å²) >= 11 is 0. The van der Waals surface area contributed by atoms with E-state index in [4.69, 9.17) is 0 Å². The van der Waals surface area contributed by atoms with Crippen LogP contribution in [0.1, 0.15) is 18.1 Å². The Labute approximate surface area is 125 Å². The van der Waals surface area contributed by atoms with Crippen molar-refractivity contribution < 1.29 is 0 Å². The highest BCUT2D eigenvalue weighted by Gasteiger charge is 2.03. The normalized spacial score (nSPS) is 12.4. The van der Waals surface area contributed by atoms with E-state index >= 15 is 0 Å². The summed E-state index contributed by atoms with van der Waals surface area (Å²) in [5.74, 6) is 0. The molecule has 2 aromatic carbocycles. The van der Waals surface area contributed by atoms with Crippen molar-refractivity contribution in [3.63, 3.8) is 0 Å². The van der Waals surface area contributed by atoms with Gasteiger partial charge >= 0.3 is 0 Å². The van der Waals surface area contributed by atoms with Crippen LogP contribution in [0.4, 0.5) is 0 Å². The van der Waals surface area contributed by atoms with Gasteiger partial charge in [-0.1, -0.05) is 42.5 Å². The molecule has 0 bridgehead atoms. The molecule has 0 aliphatic carbocycles. The van der Waals surface area contributed by atoms with Crippen LogP contribution in [0.2, 0.25) is 0 Å². The van der Waals surface area contributed by atoms with E-state index in [-0.39, 0.29) is 0 Å². The third-order valence-corrected chi connectivity index (χ3v) is 3.74. The summed E-state index contributed by atoms with van der Waals surface area (Å²) in [6.07, 6.45) is 4.81. The summed E-state index contributed by atoms with van der Waals surface area (Å²) in [5.41, 5.74) is 2.69. The summed E-state index contributed by atoms with van der Waals surface area (Å²) in [5, 5.41) is 6.04. The molecule has 2 nitrogen and oxygen atoms in total. The molecule has 0 saturated heterocycles. The number of benzene rings is 2. The third kappa shape index (κ3) is 3.67. The zero-order valence-corrected chi connectivity index (χ0v) is 12.3. The van der Waals surface area contributed by atoms with Crippen LogP contribution in [0.5, 0.6) is 0 Å². The SMILES string of the molecule is CC(Cc1ccccc1)NCc1ccc2cnccc2c1. The summed E-state index contributed by atoms with van der Waals surface area (Å²) < 4.78 is 0. The molecule has 3 aromatic rings. The topological polar surface area (TPSA) is 24.9 Å². The molecule has 0 aliphatic heterocycles. The van der Waals surface area contributed by atoms with Crippen LogP contribution in [0.15, 0.2) is 67.0 Å². The molecule has 106 valence electrons. The fourth-order valence-corrected chi connectivity index (χ4v) is 2.57. The Morgan fingerprint density at radius 1 is 0.952 bits per heavy atom. The standard InChI is InChI=1S/C19H20N2/c1-15(11-16-5-3-2-4-6-16)21-13-17-7-8-19-14-20-10-9-18(19)12-17/h2-10,12,14-15,21H,11,13H2,1H3. The van der Waals surface area contributed by atoms with Gasteiger partial charge in [-0.3, -0.25) is 4.98 Å². The van der Waals surface area contributed by atoms with E-state index in [1.807, 2.05) is 12.4 Å². The second kappa shape index (κ2) is 6.51. The van der Waals surface area contributed by atoms with Crippen LogP contribution in [0.25, 0.3) is 10.8 Å². The predicted molar refractivity (Wildman–Crippen MR) is 88.2 cm³/mol. The number of pyridine rings is 1. The first-order chi connectivity index (χ1) is 10.3. The van der Waals surface area contributed by atoms with Gasteiger partial charge in [0.25, 0.3) is 0 Å². The number of nitrogens with zero attached hydrogens (tertiary/aromatic N) is 1. The Hall–Kier alpha value is -2.19. The number of hydrogen-bond donors (Lipinski definition) is 1. The second-order valence-corrected chi connectivity index (χ2v) is 5.53. The average molecular weight is 276 g/mol. The van der Waals surface area contributed by atoms with E-state index in [1.165, 1.54) is 21.9 Å². The van der Waals surface area contributed by atoms with E-state index in [0.29, 0.717) is 6.04 Å². The molecule has 1 atom stereocenters. The van der Waals surface area contributed by atoms with E-state index in [0.717, 1.165) is 13.0 Å². The molecule has 0 spiro atoms. The number of fused-ring (bicyclic) bond motifs is 1. The van der Waals surface area contributed by atoms with Gasteiger partial charge in [0.15, 0.2) is 0 Å². The van der Waals surface area contributed by atoms with Crippen molar-refractivity contribution in [3.8, 4) is 0 Å². The molecule has 1 unspecified atom stereocenters. The zero-order valence-electron chi connectivity index (χ0n) is 12.3. The molecule has 1 N–H and O–H groups in total. The van der Waals surface area contributed by atoms with Crippen molar-refractivity contribution in [3.05, 3.63) is 78.1 Å². The quantitative estimate of drug-likeness (QED) is 0.763. The molecule has 21 heavy (non-hydrogen) atoms. The average Bonchev–Trinajstić information content (AvgIpc) is 2.54. The van der Waals surface area contributed by atoms with Crippen molar-refractivity contribution in [2.75, 3.05) is 0 Å². The van der Waals surface area contributed by atoms with Crippen molar-refractivity contribution in [2.45, 2.75) is 25.9 Å². The van der Waals surface area contributed by atoms with E-state index < -0.39 is 0 Å². The summed E-state index contributed by atoms with van der Waals surface area (Å²) in [6.45, 7) is 3.13. The largest absolute Gasteiger partial charge is 0.310 e. The van der Waals surface area contributed by atoms with Crippen LogP contribution in [-0.2, 0) is 13.0 Å². The third-order valence-electron chi connectivity index (χ3n) is 3.74. The lowest BCUT2D eigenvalue weighted by Crippen LogP contribution is -2.27. The highest BCUT2D eigenvalue weighted by atomic mass is 14.9. The van der Waals surface area contributed by atoms with Gasteiger partial charge in [0, 0.05) is 30.4 Å². The molecule has 0 radical (unpaired) electrons. The molecule has 0 saturated carbocycles. The number of rotatable bonds is 5. The fourth-order valence-electron chi connectivity index (χ4n) is 2.57. The smallest absolute Gasteiger partial charge is 0.0346 e. The van der Waals surface area contributed by atoms with Crippen LogP contribution in [0.3, 0.4) is 0 Å². The van der Waals surface area contributed by atoms with Crippen LogP contribution in [-0.4, -0.2) is 11.0 Å². The first kappa shape index (κ1) is 13.8. The van der Waals surface area contributed by atoms with Crippen molar-refractivity contribution in [2.24, 2.45) is 0 Å². The van der Waals surface area contributed by atoms with Gasteiger partial charge in [0.05, 0.1) is 0 Å². The Bertz CT molecular complexity index is 707. The zero-order chi connectivity index (χ0) is 14.5. The minimum absolute atomic E-state index is 0.459. The van der Waals surface area contributed by atoms with Gasteiger partial charge in [0.1, 0.15) is 0 Å². The van der Waals surface area contributed by atoms with Gasteiger partial charge in [-0.2, -0.15) is 0 Å². The van der Waals surface area contributed by atoms with Crippen molar-refractivity contribution in [1.82, 2.24) is 10.3 Å². The molecular formula is C19H20N2. The van der Waals surface area contributed by atoms with Gasteiger partial charge in [-0.15, -0.1) is 0 Å². The van der Waals surface area contributed by atoms with Crippen LogP contribution >= 0.6 is 0 Å². The molecule has 2 heteroatoms. The predicted octanol–water partition coefficient (Wildman–Crippen LogP) is 3.96. The second-order valence-electron chi connectivity index (χ2n) is 5.53. The molecule has 0 amide bonds. The Balaban J connectivity index is 1.60. The van der Waals surface area contributed by atoms with E-state index in [9.17, 15) is 0 Å². The Morgan fingerprint density at radius 3 is 2.67 bits per heavy atom. The molecule has 0 aliphatic rings. The maximum Gasteiger partial charge on any atom is 0.0346 e. The van der Waals surface area contributed by atoms with Gasteiger partial charge < -0.3 is 5.32 Å². The summed E-state index contributed by atoms with van der Waals surface area (Å²) in [4.78, 5) is 4.15. The molecular weight excluding hydrogens is 256 g/mol. The van der Waals surface area contributed by atoms with Crippen LogP contribution in [0, 0.1) is 0 Å². The minimum Gasteiger partial charge on any atom is -0.310 e. The molecule has 1 aromatic heterocycles. The first-order valence-electron chi connectivity index (χ1n) is 7.41. The lowest BCUT2D eigenvalue weighted by atomic mass is 10.1. The Morgan fingerprint density at radius 2 is 1.81 bits per heavy atom. The number of hydrogen-bond acceptors (Lipinski definition) is 2. The molecule has 1 heterocycles. The van der Waals surface area contributed by atoms with Crippen molar-refractivity contribution in [1.29, 1.82) is 0 Å². The highest BCUT2D eigenvalue weighted by molar-refractivity contribution is 5.81.